The van der Waals surface area contributed by atoms with Crippen molar-refractivity contribution < 1.29 is 13.2 Å². The molecule has 0 aromatic heterocycles. The Kier molecular flexibility index (Phi) is 1.60. The quantitative estimate of drug-likeness (QED) is 0.502. The first kappa shape index (κ1) is 7.40. The maximum atomic E-state index is 11.8. The van der Waals surface area contributed by atoms with Crippen LogP contribution in [0.25, 0.3) is 0 Å². The molecule has 0 fully saturated rings. The maximum Gasteiger partial charge on any atom is 0.410 e. The molecule has 1 rings (SSSR count). The highest BCUT2D eigenvalue weighted by Crippen LogP contribution is 2.24. The smallest absolute Gasteiger partial charge is 0.301 e. The SMILES string of the molecule is CN1C=CC(C(F)(F)F)[N]1. The largest absolute Gasteiger partial charge is 0.410 e. The molecule has 0 spiro atoms. The predicted molar refractivity (Wildman–Crippen MR) is 28.9 cm³/mol. The fourth-order valence-corrected chi connectivity index (χ4v) is 0.654. The van der Waals surface area contributed by atoms with E-state index in [1.54, 1.807) is 0 Å². The van der Waals surface area contributed by atoms with Crippen LogP contribution in [0.4, 0.5) is 13.2 Å². The first-order valence-electron chi connectivity index (χ1n) is 2.69. The summed E-state index contributed by atoms with van der Waals surface area (Å²) in [5.41, 5.74) is 3.26. The van der Waals surface area contributed by atoms with Crippen molar-refractivity contribution in [1.82, 2.24) is 10.4 Å². The summed E-state index contributed by atoms with van der Waals surface area (Å²) in [5.74, 6) is 0. The lowest BCUT2D eigenvalue weighted by Crippen LogP contribution is -2.36. The van der Waals surface area contributed by atoms with Crippen LogP contribution in [0.15, 0.2) is 12.3 Å². The van der Waals surface area contributed by atoms with E-state index >= 15 is 0 Å². The molecular formula is C5H6F3N2. The van der Waals surface area contributed by atoms with E-state index in [2.05, 4.69) is 5.43 Å². The van der Waals surface area contributed by atoms with Crippen molar-refractivity contribution in [2.45, 2.75) is 12.2 Å². The summed E-state index contributed by atoms with van der Waals surface area (Å²) in [6.07, 6.45) is -1.93. The van der Waals surface area contributed by atoms with E-state index in [-0.39, 0.29) is 0 Å². The van der Waals surface area contributed by atoms with Crippen molar-refractivity contribution in [2.75, 3.05) is 7.05 Å². The van der Waals surface area contributed by atoms with E-state index in [1.165, 1.54) is 13.2 Å². The Hall–Kier alpha value is -0.710. The second kappa shape index (κ2) is 2.16. The van der Waals surface area contributed by atoms with E-state index < -0.39 is 12.2 Å². The summed E-state index contributed by atoms with van der Waals surface area (Å²) in [6, 6.07) is -1.64. The van der Waals surface area contributed by atoms with Gasteiger partial charge >= 0.3 is 6.18 Å². The van der Waals surface area contributed by atoms with E-state index in [9.17, 15) is 13.2 Å². The van der Waals surface area contributed by atoms with Crippen LogP contribution in [-0.4, -0.2) is 24.3 Å². The third-order valence-electron chi connectivity index (χ3n) is 1.13. The van der Waals surface area contributed by atoms with Gasteiger partial charge in [-0.05, 0) is 6.08 Å². The molecule has 5 heteroatoms. The summed E-state index contributed by atoms with van der Waals surface area (Å²) in [5, 5.41) is 1.15. The molecule has 1 heterocycles. The molecular weight excluding hydrogens is 145 g/mol. The number of alkyl halides is 3. The highest BCUT2D eigenvalue weighted by Gasteiger charge is 2.41. The van der Waals surface area contributed by atoms with Gasteiger partial charge in [-0.15, -0.1) is 5.43 Å². The van der Waals surface area contributed by atoms with Crippen molar-refractivity contribution in [3.8, 4) is 0 Å². The van der Waals surface area contributed by atoms with Crippen LogP contribution in [-0.2, 0) is 0 Å². The van der Waals surface area contributed by atoms with E-state index in [1.807, 2.05) is 0 Å². The Morgan fingerprint density at radius 2 is 2.10 bits per heavy atom. The standard InChI is InChI=1S/C5H6F3N2/c1-10-3-2-4(9-10)5(6,7)8/h2-4H,1H3. The molecule has 1 aliphatic heterocycles. The molecule has 0 saturated heterocycles. The average Bonchev–Trinajstić information content (AvgIpc) is 2.11. The molecule has 0 aliphatic carbocycles. The molecule has 0 aromatic carbocycles. The van der Waals surface area contributed by atoms with Gasteiger partial charge in [-0.25, -0.2) is 0 Å². The second-order valence-electron chi connectivity index (χ2n) is 2.02. The molecule has 0 bridgehead atoms. The Morgan fingerprint density at radius 3 is 2.30 bits per heavy atom. The normalized spacial score (nSPS) is 26.0. The lowest BCUT2D eigenvalue weighted by atomic mass is 10.3. The summed E-state index contributed by atoms with van der Waals surface area (Å²) in [4.78, 5) is 0. The number of halogens is 3. The molecule has 0 amide bonds. The van der Waals surface area contributed by atoms with Crippen molar-refractivity contribution in [1.29, 1.82) is 0 Å². The first-order valence-corrected chi connectivity index (χ1v) is 2.69. The van der Waals surface area contributed by atoms with Crippen LogP contribution in [0.3, 0.4) is 0 Å². The monoisotopic (exact) mass is 151 g/mol. The third-order valence-corrected chi connectivity index (χ3v) is 1.13. The van der Waals surface area contributed by atoms with Gasteiger partial charge < -0.3 is 5.01 Å². The van der Waals surface area contributed by atoms with Crippen LogP contribution in [0.2, 0.25) is 0 Å². The molecule has 1 atom stereocenters. The highest BCUT2D eigenvalue weighted by atomic mass is 19.4. The molecule has 1 unspecified atom stereocenters. The molecule has 0 aromatic rings. The van der Waals surface area contributed by atoms with Gasteiger partial charge in [0.05, 0.1) is 0 Å². The zero-order valence-electron chi connectivity index (χ0n) is 5.26. The summed E-state index contributed by atoms with van der Waals surface area (Å²) in [6.45, 7) is 0. The fraction of sp³-hybridized carbons (Fsp3) is 0.600. The Morgan fingerprint density at radius 1 is 1.50 bits per heavy atom. The molecule has 57 valence electrons. The lowest BCUT2D eigenvalue weighted by Gasteiger charge is -2.13. The van der Waals surface area contributed by atoms with Crippen molar-refractivity contribution >= 4 is 0 Å². The van der Waals surface area contributed by atoms with Crippen LogP contribution in [0.1, 0.15) is 0 Å². The number of hydrogen-bond acceptors (Lipinski definition) is 1. The Bertz CT molecular complexity index is 151. The highest BCUT2D eigenvalue weighted by molar-refractivity contribution is 5.01. The van der Waals surface area contributed by atoms with E-state index in [4.69, 9.17) is 0 Å². The van der Waals surface area contributed by atoms with Crippen LogP contribution in [0, 0.1) is 0 Å². The van der Waals surface area contributed by atoms with Crippen molar-refractivity contribution in [3.63, 3.8) is 0 Å². The van der Waals surface area contributed by atoms with Gasteiger partial charge in [0, 0.05) is 13.2 Å². The molecule has 1 radical (unpaired) electrons. The van der Waals surface area contributed by atoms with Crippen LogP contribution < -0.4 is 5.43 Å². The Labute approximate surface area is 56.3 Å². The number of nitrogens with zero attached hydrogens (tertiary/aromatic N) is 2. The van der Waals surface area contributed by atoms with Gasteiger partial charge in [0.25, 0.3) is 0 Å². The van der Waals surface area contributed by atoms with Gasteiger partial charge in [0.15, 0.2) is 6.04 Å². The minimum Gasteiger partial charge on any atom is -0.301 e. The molecule has 10 heavy (non-hydrogen) atoms. The third kappa shape index (κ3) is 1.41. The zero-order valence-corrected chi connectivity index (χ0v) is 5.26. The maximum absolute atomic E-state index is 11.8. The number of hydrogen-bond donors (Lipinski definition) is 0. The van der Waals surface area contributed by atoms with E-state index in [0.29, 0.717) is 0 Å². The van der Waals surface area contributed by atoms with Gasteiger partial charge in [0.1, 0.15) is 0 Å². The summed E-state index contributed by atoms with van der Waals surface area (Å²) in [7, 11) is 1.46. The zero-order chi connectivity index (χ0) is 7.78. The van der Waals surface area contributed by atoms with Crippen LogP contribution in [0.5, 0.6) is 0 Å². The Balaban J connectivity index is 2.55. The molecule has 1 aliphatic rings. The predicted octanol–water partition coefficient (Wildman–Crippen LogP) is 0.896. The minimum absolute atomic E-state index is 1.01. The van der Waals surface area contributed by atoms with Crippen LogP contribution >= 0.6 is 0 Å². The molecule has 2 nitrogen and oxygen atoms in total. The van der Waals surface area contributed by atoms with Gasteiger partial charge in [0.2, 0.25) is 0 Å². The van der Waals surface area contributed by atoms with Gasteiger partial charge in [-0.1, -0.05) is 0 Å². The van der Waals surface area contributed by atoms with Gasteiger partial charge in [-0.3, -0.25) is 0 Å². The fourth-order valence-electron chi connectivity index (χ4n) is 0.654. The summed E-state index contributed by atoms with van der Waals surface area (Å²) < 4.78 is 35.3. The number of rotatable bonds is 0. The van der Waals surface area contributed by atoms with Gasteiger partial charge in [-0.2, -0.15) is 13.2 Å². The average molecular weight is 151 g/mol. The molecule has 0 saturated carbocycles. The molecule has 0 N–H and O–H groups in total. The second-order valence-corrected chi connectivity index (χ2v) is 2.02. The summed E-state index contributed by atoms with van der Waals surface area (Å²) >= 11 is 0. The van der Waals surface area contributed by atoms with Crippen molar-refractivity contribution in [3.05, 3.63) is 12.3 Å². The lowest BCUT2D eigenvalue weighted by molar-refractivity contribution is -0.149. The van der Waals surface area contributed by atoms with Crippen molar-refractivity contribution in [2.24, 2.45) is 0 Å². The first-order chi connectivity index (χ1) is 4.50. The van der Waals surface area contributed by atoms with E-state index in [0.717, 1.165) is 11.1 Å². The minimum atomic E-state index is -4.23. The topological polar surface area (TPSA) is 17.3 Å².